The van der Waals surface area contributed by atoms with E-state index in [1.165, 1.54) is 0 Å². The van der Waals surface area contributed by atoms with Gasteiger partial charge in [-0.15, -0.1) is 0 Å². The zero-order valence-electron chi connectivity index (χ0n) is 12.7. The molecule has 3 amide bonds. The van der Waals surface area contributed by atoms with Gasteiger partial charge in [-0.05, 0) is 37.1 Å². The molecular weight excluding hydrogens is 318 g/mol. The van der Waals surface area contributed by atoms with Gasteiger partial charge in [0.05, 0.1) is 5.92 Å². The molecule has 6 nitrogen and oxygen atoms in total. The van der Waals surface area contributed by atoms with Gasteiger partial charge in [0.1, 0.15) is 0 Å². The van der Waals surface area contributed by atoms with Crippen LogP contribution in [0, 0.1) is 5.92 Å². The Morgan fingerprint density at radius 1 is 1.17 bits per heavy atom. The van der Waals surface area contributed by atoms with Gasteiger partial charge in [0.15, 0.2) is 0 Å². The number of carbonyl (C=O) groups is 3. The van der Waals surface area contributed by atoms with E-state index in [9.17, 15) is 14.4 Å². The molecule has 4 N–H and O–H groups in total. The summed E-state index contributed by atoms with van der Waals surface area (Å²) in [5, 5.41) is 6.05. The zero-order chi connectivity index (χ0) is 16.8. The molecule has 0 radical (unpaired) electrons. The summed E-state index contributed by atoms with van der Waals surface area (Å²) in [5.41, 5.74) is 5.81. The van der Waals surface area contributed by atoms with Crippen molar-refractivity contribution in [2.24, 2.45) is 11.7 Å². The molecule has 23 heavy (non-hydrogen) atoms. The van der Waals surface area contributed by atoms with Crippen LogP contribution in [0.3, 0.4) is 0 Å². The van der Waals surface area contributed by atoms with Crippen molar-refractivity contribution in [3.63, 3.8) is 0 Å². The monoisotopic (exact) mass is 337 g/mol. The third-order valence-electron chi connectivity index (χ3n) is 3.97. The first-order chi connectivity index (χ1) is 11.0. The van der Waals surface area contributed by atoms with Crippen LogP contribution in [0.1, 0.15) is 36.0 Å². The number of nitrogens with one attached hydrogen (secondary N) is 2. The number of rotatable bonds is 6. The van der Waals surface area contributed by atoms with Gasteiger partial charge in [-0.2, -0.15) is 0 Å². The largest absolute Gasteiger partial charge is 0.369 e. The number of hydrogen-bond acceptors (Lipinski definition) is 3. The number of halogens is 1. The van der Waals surface area contributed by atoms with E-state index >= 15 is 0 Å². The molecule has 1 aromatic rings. The third kappa shape index (κ3) is 4.96. The molecule has 0 saturated heterocycles. The van der Waals surface area contributed by atoms with E-state index in [-0.39, 0.29) is 42.6 Å². The highest BCUT2D eigenvalue weighted by Gasteiger charge is 2.32. The highest BCUT2D eigenvalue weighted by Crippen LogP contribution is 2.25. The highest BCUT2D eigenvalue weighted by molar-refractivity contribution is 6.30. The summed E-state index contributed by atoms with van der Waals surface area (Å²) < 4.78 is 0. The molecule has 124 valence electrons. The number of carbonyl (C=O) groups excluding carboxylic acids is 3. The van der Waals surface area contributed by atoms with Gasteiger partial charge in [-0.25, -0.2) is 0 Å². The number of benzene rings is 1. The molecule has 1 aliphatic carbocycles. The molecule has 7 heteroatoms. The van der Waals surface area contributed by atoms with Crippen molar-refractivity contribution in [3.8, 4) is 0 Å². The zero-order valence-corrected chi connectivity index (χ0v) is 13.4. The van der Waals surface area contributed by atoms with Gasteiger partial charge < -0.3 is 16.4 Å². The Kier molecular flexibility index (Phi) is 5.98. The second kappa shape index (κ2) is 7.97. The summed E-state index contributed by atoms with van der Waals surface area (Å²) in [5.74, 6) is -1.11. The molecule has 2 atom stereocenters. The quantitative estimate of drug-likeness (QED) is 0.727. The van der Waals surface area contributed by atoms with Gasteiger partial charge in [-0.3, -0.25) is 14.4 Å². The molecule has 1 aliphatic rings. The summed E-state index contributed by atoms with van der Waals surface area (Å²) >= 11 is 5.76. The van der Waals surface area contributed by atoms with Crippen LogP contribution in [0.25, 0.3) is 0 Å². The van der Waals surface area contributed by atoms with Crippen LogP contribution in [0.4, 0.5) is 0 Å². The molecule has 0 spiro atoms. The molecule has 1 aromatic carbocycles. The first kappa shape index (κ1) is 17.3. The lowest BCUT2D eigenvalue weighted by Crippen LogP contribution is -2.43. The Hall–Kier alpha value is -2.08. The van der Waals surface area contributed by atoms with Crippen LogP contribution in [0.15, 0.2) is 24.3 Å². The van der Waals surface area contributed by atoms with Gasteiger partial charge in [0, 0.05) is 29.6 Å². The lowest BCUT2D eigenvalue weighted by atomic mass is 10.0. The molecule has 0 heterocycles. The van der Waals surface area contributed by atoms with Crippen molar-refractivity contribution in [1.82, 2.24) is 10.6 Å². The van der Waals surface area contributed by atoms with Crippen LogP contribution in [-0.4, -0.2) is 30.3 Å². The molecule has 0 aliphatic heterocycles. The normalized spacial score (nSPS) is 20.0. The number of amides is 3. The predicted octanol–water partition coefficient (Wildman–Crippen LogP) is 1.23. The topological polar surface area (TPSA) is 101 Å². The van der Waals surface area contributed by atoms with Crippen LogP contribution in [-0.2, 0) is 9.59 Å². The van der Waals surface area contributed by atoms with Gasteiger partial charge in [0.25, 0.3) is 5.91 Å². The third-order valence-corrected chi connectivity index (χ3v) is 4.22. The predicted molar refractivity (Wildman–Crippen MR) is 86.9 cm³/mol. The Balaban J connectivity index is 1.73. The van der Waals surface area contributed by atoms with Crippen LogP contribution < -0.4 is 16.4 Å². The molecule has 2 unspecified atom stereocenters. The average molecular weight is 338 g/mol. The minimum atomic E-state index is -0.371. The fraction of sp³-hybridized carbons (Fsp3) is 0.438. The Morgan fingerprint density at radius 2 is 1.87 bits per heavy atom. The van der Waals surface area contributed by atoms with E-state index in [2.05, 4.69) is 10.6 Å². The Bertz CT molecular complexity index is 589. The average Bonchev–Trinajstić information content (AvgIpc) is 2.96. The summed E-state index contributed by atoms with van der Waals surface area (Å²) in [7, 11) is 0. The fourth-order valence-electron chi connectivity index (χ4n) is 2.75. The smallest absolute Gasteiger partial charge is 0.251 e. The first-order valence-electron chi connectivity index (χ1n) is 7.60. The van der Waals surface area contributed by atoms with E-state index in [0.29, 0.717) is 17.0 Å². The fourth-order valence-corrected chi connectivity index (χ4v) is 2.87. The van der Waals surface area contributed by atoms with E-state index in [4.69, 9.17) is 17.3 Å². The van der Waals surface area contributed by atoms with Crippen LogP contribution in [0.5, 0.6) is 0 Å². The minimum absolute atomic E-state index is 0.154. The van der Waals surface area contributed by atoms with Crippen molar-refractivity contribution in [2.45, 2.75) is 31.7 Å². The summed E-state index contributed by atoms with van der Waals surface area (Å²) in [6, 6.07) is 6.31. The van der Waals surface area contributed by atoms with Gasteiger partial charge in [-0.1, -0.05) is 18.0 Å². The lowest BCUT2D eigenvalue weighted by molar-refractivity contribution is -0.124. The van der Waals surface area contributed by atoms with Crippen molar-refractivity contribution >= 4 is 29.3 Å². The van der Waals surface area contributed by atoms with E-state index in [1.807, 2.05) is 0 Å². The van der Waals surface area contributed by atoms with Crippen molar-refractivity contribution < 1.29 is 14.4 Å². The SMILES string of the molecule is NC(=O)C1CCCC1NC(=O)CCNC(=O)c1ccc(Cl)cc1. The van der Waals surface area contributed by atoms with Crippen molar-refractivity contribution in [3.05, 3.63) is 34.9 Å². The molecule has 0 bridgehead atoms. The van der Waals surface area contributed by atoms with Gasteiger partial charge >= 0.3 is 0 Å². The van der Waals surface area contributed by atoms with E-state index in [0.717, 1.165) is 12.8 Å². The summed E-state index contributed by atoms with van der Waals surface area (Å²) in [6.45, 7) is 0.223. The molecule has 0 aromatic heterocycles. The Labute approximate surface area is 139 Å². The Morgan fingerprint density at radius 3 is 2.52 bits per heavy atom. The lowest BCUT2D eigenvalue weighted by Gasteiger charge is -2.18. The maximum atomic E-state index is 11.9. The number of nitrogens with two attached hydrogens (primary N) is 1. The van der Waals surface area contributed by atoms with E-state index in [1.54, 1.807) is 24.3 Å². The number of hydrogen-bond donors (Lipinski definition) is 3. The summed E-state index contributed by atoms with van der Waals surface area (Å²) in [4.78, 5) is 35.1. The van der Waals surface area contributed by atoms with Gasteiger partial charge in [0.2, 0.25) is 11.8 Å². The second-order valence-electron chi connectivity index (χ2n) is 5.63. The maximum Gasteiger partial charge on any atom is 0.251 e. The van der Waals surface area contributed by atoms with Crippen molar-refractivity contribution in [1.29, 1.82) is 0 Å². The van der Waals surface area contributed by atoms with Crippen molar-refractivity contribution in [2.75, 3.05) is 6.54 Å². The summed E-state index contributed by atoms with van der Waals surface area (Å²) in [6.07, 6.45) is 2.51. The van der Waals surface area contributed by atoms with Crippen LogP contribution >= 0.6 is 11.6 Å². The van der Waals surface area contributed by atoms with Crippen LogP contribution in [0.2, 0.25) is 5.02 Å². The maximum absolute atomic E-state index is 11.9. The molecule has 1 fully saturated rings. The minimum Gasteiger partial charge on any atom is -0.369 e. The highest BCUT2D eigenvalue weighted by atomic mass is 35.5. The molecule has 1 saturated carbocycles. The molecular formula is C16H20ClN3O3. The second-order valence-corrected chi connectivity index (χ2v) is 6.06. The number of primary amides is 1. The first-order valence-corrected chi connectivity index (χ1v) is 7.97. The van der Waals surface area contributed by atoms with E-state index < -0.39 is 0 Å². The standard InChI is InChI=1S/C16H20ClN3O3/c17-11-6-4-10(5-7-11)16(23)19-9-8-14(21)20-13-3-1-2-12(13)15(18)22/h4-7,12-13H,1-3,8-9H2,(H2,18,22)(H,19,23)(H,20,21). The molecule has 2 rings (SSSR count).